The van der Waals surface area contributed by atoms with Crippen molar-refractivity contribution in [2.45, 2.75) is 13.5 Å². The standard InChI is InChI=1S/C11H11ClN2/c1-7-8-4-2-3-5-10(8)14-11(12)9(7)6-13/h2-5H,6,13H2,1H3. The molecule has 1 aromatic heterocycles. The number of hydrogen-bond donors (Lipinski definition) is 1. The molecule has 2 nitrogen and oxygen atoms in total. The summed E-state index contributed by atoms with van der Waals surface area (Å²) in [6.45, 7) is 2.46. The third kappa shape index (κ3) is 1.37. The first-order valence-corrected chi connectivity index (χ1v) is 4.85. The van der Waals surface area contributed by atoms with Crippen molar-refractivity contribution in [1.82, 2.24) is 4.98 Å². The van der Waals surface area contributed by atoms with Crippen LogP contribution in [0, 0.1) is 6.92 Å². The van der Waals surface area contributed by atoms with E-state index in [0.717, 1.165) is 22.0 Å². The fourth-order valence-electron chi connectivity index (χ4n) is 1.62. The number of nitrogens with two attached hydrogens (primary N) is 1. The first kappa shape index (κ1) is 9.44. The number of benzene rings is 1. The molecule has 14 heavy (non-hydrogen) atoms. The molecular formula is C11H11ClN2. The molecule has 0 aliphatic heterocycles. The molecule has 0 saturated heterocycles. The molecule has 2 N–H and O–H groups in total. The molecule has 0 aliphatic carbocycles. The SMILES string of the molecule is Cc1c(CN)c(Cl)nc2ccccc12. The van der Waals surface area contributed by atoms with Crippen molar-refractivity contribution in [3.05, 3.63) is 40.5 Å². The van der Waals surface area contributed by atoms with Gasteiger partial charge in [-0.15, -0.1) is 0 Å². The lowest BCUT2D eigenvalue weighted by molar-refractivity contribution is 1.04. The molecule has 0 bridgehead atoms. The van der Waals surface area contributed by atoms with Crippen molar-refractivity contribution in [3.63, 3.8) is 0 Å². The fourth-order valence-corrected chi connectivity index (χ4v) is 1.93. The van der Waals surface area contributed by atoms with Crippen LogP contribution in [0.25, 0.3) is 10.9 Å². The molecule has 0 spiro atoms. The highest BCUT2D eigenvalue weighted by molar-refractivity contribution is 6.30. The smallest absolute Gasteiger partial charge is 0.134 e. The quantitative estimate of drug-likeness (QED) is 0.729. The van der Waals surface area contributed by atoms with Gasteiger partial charge in [0.05, 0.1) is 5.52 Å². The van der Waals surface area contributed by atoms with Crippen LogP contribution in [0.5, 0.6) is 0 Å². The summed E-state index contributed by atoms with van der Waals surface area (Å²) in [5, 5.41) is 1.64. The van der Waals surface area contributed by atoms with E-state index in [1.165, 1.54) is 0 Å². The van der Waals surface area contributed by atoms with Crippen LogP contribution in [0.3, 0.4) is 0 Å². The largest absolute Gasteiger partial charge is 0.326 e. The molecule has 1 heterocycles. The summed E-state index contributed by atoms with van der Waals surface area (Å²) in [5.74, 6) is 0. The Labute approximate surface area is 87.7 Å². The highest BCUT2D eigenvalue weighted by Crippen LogP contribution is 2.24. The zero-order chi connectivity index (χ0) is 10.1. The number of rotatable bonds is 1. The van der Waals surface area contributed by atoms with Crippen molar-refractivity contribution in [1.29, 1.82) is 0 Å². The number of aryl methyl sites for hydroxylation is 1. The molecule has 3 heteroatoms. The number of nitrogens with zero attached hydrogens (tertiary/aromatic N) is 1. The predicted octanol–water partition coefficient (Wildman–Crippen LogP) is 2.66. The normalized spacial score (nSPS) is 10.8. The number of pyridine rings is 1. The van der Waals surface area contributed by atoms with Gasteiger partial charge >= 0.3 is 0 Å². The Hall–Kier alpha value is -1.12. The van der Waals surface area contributed by atoms with Crippen LogP contribution < -0.4 is 5.73 Å². The van der Waals surface area contributed by atoms with Crippen molar-refractivity contribution < 1.29 is 0 Å². The Morgan fingerprint density at radius 1 is 1.36 bits per heavy atom. The Morgan fingerprint density at radius 3 is 2.79 bits per heavy atom. The van der Waals surface area contributed by atoms with Crippen molar-refractivity contribution >= 4 is 22.5 Å². The maximum atomic E-state index is 6.02. The summed E-state index contributed by atoms with van der Waals surface area (Å²) in [6, 6.07) is 7.93. The number of fused-ring (bicyclic) bond motifs is 1. The third-order valence-electron chi connectivity index (χ3n) is 2.43. The summed E-state index contributed by atoms with van der Waals surface area (Å²) in [7, 11) is 0. The zero-order valence-corrected chi connectivity index (χ0v) is 8.67. The molecule has 72 valence electrons. The van der Waals surface area contributed by atoms with Crippen LogP contribution in [-0.2, 0) is 6.54 Å². The summed E-state index contributed by atoms with van der Waals surface area (Å²) in [4.78, 5) is 4.29. The van der Waals surface area contributed by atoms with E-state index >= 15 is 0 Å². The maximum Gasteiger partial charge on any atom is 0.134 e. The number of para-hydroxylation sites is 1. The van der Waals surface area contributed by atoms with E-state index in [4.69, 9.17) is 17.3 Å². The van der Waals surface area contributed by atoms with Gasteiger partial charge in [-0.3, -0.25) is 0 Å². The molecule has 0 aliphatic rings. The van der Waals surface area contributed by atoms with Crippen molar-refractivity contribution in [2.24, 2.45) is 5.73 Å². The lowest BCUT2D eigenvalue weighted by atomic mass is 10.1. The van der Waals surface area contributed by atoms with Crippen LogP contribution in [0.1, 0.15) is 11.1 Å². The van der Waals surface area contributed by atoms with Gasteiger partial charge in [0, 0.05) is 17.5 Å². The number of hydrogen-bond acceptors (Lipinski definition) is 2. The van der Waals surface area contributed by atoms with Gasteiger partial charge in [-0.25, -0.2) is 4.98 Å². The third-order valence-corrected chi connectivity index (χ3v) is 2.75. The topological polar surface area (TPSA) is 38.9 Å². The Kier molecular flexibility index (Phi) is 2.40. The minimum absolute atomic E-state index is 0.433. The molecular weight excluding hydrogens is 196 g/mol. The monoisotopic (exact) mass is 206 g/mol. The first-order valence-electron chi connectivity index (χ1n) is 4.48. The minimum atomic E-state index is 0.433. The maximum absolute atomic E-state index is 6.02. The van der Waals surface area contributed by atoms with Gasteiger partial charge in [0.1, 0.15) is 5.15 Å². The van der Waals surface area contributed by atoms with Crippen molar-refractivity contribution in [2.75, 3.05) is 0 Å². The van der Waals surface area contributed by atoms with Crippen LogP contribution in [0.4, 0.5) is 0 Å². The van der Waals surface area contributed by atoms with Crippen molar-refractivity contribution in [3.8, 4) is 0 Å². The molecule has 0 amide bonds. The zero-order valence-electron chi connectivity index (χ0n) is 7.92. The second-order valence-corrected chi connectivity index (χ2v) is 3.59. The highest BCUT2D eigenvalue weighted by Gasteiger charge is 2.07. The van der Waals surface area contributed by atoms with E-state index in [2.05, 4.69) is 4.98 Å². The van der Waals surface area contributed by atoms with Crippen LogP contribution in [0.2, 0.25) is 5.15 Å². The van der Waals surface area contributed by atoms with Gasteiger partial charge in [-0.05, 0) is 18.6 Å². The summed E-state index contributed by atoms with van der Waals surface area (Å²) >= 11 is 6.02. The molecule has 2 aromatic rings. The lowest BCUT2D eigenvalue weighted by Crippen LogP contribution is -2.02. The van der Waals surface area contributed by atoms with E-state index in [1.807, 2.05) is 31.2 Å². The van der Waals surface area contributed by atoms with Gasteiger partial charge in [0.25, 0.3) is 0 Å². The van der Waals surface area contributed by atoms with E-state index in [9.17, 15) is 0 Å². The molecule has 0 unspecified atom stereocenters. The molecule has 0 radical (unpaired) electrons. The van der Waals surface area contributed by atoms with Crippen LogP contribution in [0.15, 0.2) is 24.3 Å². The molecule has 1 aromatic carbocycles. The van der Waals surface area contributed by atoms with Crippen LogP contribution in [-0.4, -0.2) is 4.98 Å². The summed E-state index contributed by atoms with van der Waals surface area (Å²) < 4.78 is 0. The second-order valence-electron chi connectivity index (χ2n) is 3.23. The van der Waals surface area contributed by atoms with Gasteiger partial charge < -0.3 is 5.73 Å². The highest BCUT2D eigenvalue weighted by atomic mass is 35.5. The number of halogens is 1. The van der Waals surface area contributed by atoms with E-state index in [-0.39, 0.29) is 0 Å². The van der Waals surface area contributed by atoms with Crippen LogP contribution >= 0.6 is 11.6 Å². The van der Waals surface area contributed by atoms with Gasteiger partial charge in [0.2, 0.25) is 0 Å². The summed E-state index contributed by atoms with van der Waals surface area (Å²) in [6.07, 6.45) is 0. The Balaban J connectivity index is 2.86. The van der Waals surface area contributed by atoms with E-state index in [1.54, 1.807) is 0 Å². The predicted molar refractivity (Wildman–Crippen MR) is 59.4 cm³/mol. The molecule has 0 fully saturated rings. The average molecular weight is 207 g/mol. The van der Waals surface area contributed by atoms with E-state index in [0.29, 0.717) is 11.7 Å². The lowest BCUT2D eigenvalue weighted by Gasteiger charge is -2.08. The molecule has 2 rings (SSSR count). The Morgan fingerprint density at radius 2 is 2.07 bits per heavy atom. The second kappa shape index (κ2) is 3.56. The van der Waals surface area contributed by atoms with Gasteiger partial charge in [0.15, 0.2) is 0 Å². The first-order chi connectivity index (χ1) is 6.74. The average Bonchev–Trinajstić information content (AvgIpc) is 2.18. The van der Waals surface area contributed by atoms with E-state index < -0.39 is 0 Å². The fraction of sp³-hybridized carbons (Fsp3) is 0.182. The number of aromatic nitrogens is 1. The van der Waals surface area contributed by atoms with Gasteiger partial charge in [-0.1, -0.05) is 29.8 Å². The minimum Gasteiger partial charge on any atom is -0.326 e. The Bertz CT molecular complexity index is 480. The van der Waals surface area contributed by atoms with Gasteiger partial charge in [-0.2, -0.15) is 0 Å². The molecule has 0 atom stereocenters. The summed E-state index contributed by atoms with van der Waals surface area (Å²) in [5.41, 5.74) is 8.60. The molecule has 0 saturated carbocycles.